The summed E-state index contributed by atoms with van der Waals surface area (Å²) in [6, 6.07) is 16.5. The highest BCUT2D eigenvalue weighted by molar-refractivity contribution is 5.90. The highest BCUT2D eigenvalue weighted by Gasteiger charge is 2.15. The van der Waals surface area contributed by atoms with Gasteiger partial charge in [0, 0.05) is 6.54 Å². The SMILES string of the molecule is O=C(NC[C@@H]1COCCO1)Nc1ccccc1OCCOc1ccccc1. The van der Waals surface area contributed by atoms with Gasteiger partial charge in [-0.15, -0.1) is 0 Å². The van der Waals surface area contributed by atoms with Gasteiger partial charge >= 0.3 is 6.03 Å². The van der Waals surface area contributed by atoms with Crippen LogP contribution >= 0.6 is 0 Å². The Morgan fingerprint density at radius 1 is 1.00 bits per heavy atom. The van der Waals surface area contributed by atoms with E-state index in [0.29, 0.717) is 51.0 Å². The van der Waals surface area contributed by atoms with Crippen LogP contribution in [0.2, 0.25) is 0 Å². The summed E-state index contributed by atoms with van der Waals surface area (Å²) in [5, 5.41) is 5.58. The lowest BCUT2D eigenvalue weighted by molar-refractivity contribution is -0.0852. The fraction of sp³-hybridized carbons (Fsp3) is 0.350. The molecule has 1 atom stereocenters. The Kier molecular flexibility index (Phi) is 7.32. The lowest BCUT2D eigenvalue weighted by Gasteiger charge is -2.23. The van der Waals surface area contributed by atoms with Crippen molar-refractivity contribution < 1.29 is 23.7 Å². The van der Waals surface area contributed by atoms with E-state index in [0.717, 1.165) is 5.75 Å². The summed E-state index contributed by atoms with van der Waals surface area (Å²) in [5.41, 5.74) is 0.593. The molecule has 2 amide bonds. The fourth-order valence-electron chi connectivity index (χ4n) is 2.55. The number of urea groups is 1. The van der Waals surface area contributed by atoms with Gasteiger partial charge in [-0.1, -0.05) is 30.3 Å². The van der Waals surface area contributed by atoms with Crippen LogP contribution in [0.4, 0.5) is 10.5 Å². The van der Waals surface area contributed by atoms with Gasteiger partial charge in [0.15, 0.2) is 0 Å². The Bertz CT molecular complexity index is 705. The van der Waals surface area contributed by atoms with Crippen LogP contribution in [0.1, 0.15) is 0 Å². The Hall–Kier alpha value is -2.77. The number of amides is 2. The Balaban J connectivity index is 1.43. The zero-order chi connectivity index (χ0) is 18.7. The van der Waals surface area contributed by atoms with Crippen LogP contribution in [0.3, 0.4) is 0 Å². The van der Waals surface area contributed by atoms with Gasteiger partial charge in [-0.25, -0.2) is 4.79 Å². The smallest absolute Gasteiger partial charge is 0.319 e. The summed E-state index contributed by atoms with van der Waals surface area (Å²) in [5.74, 6) is 1.38. The maximum absolute atomic E-state index is 12.1. The van der Waals surface area contributed by atoms with Crippen LogP contribution in [-0.4, -0.2) is 51.7 Å². The monoisotopic (exact) mass is 372 g/mol. The van der Waals surface area contributed by atoms with Crippen molar-refractivity contribution in [3.63, 3.8) is 0 Å². The number of benzene rings is 2. The molecule has 0 radical (unpaired) electrons. The largest absolute Gasteiger partial charge is 0.490 e. The number of carbonyl (C=O) groups excluding carboxylic acids is 1. The molecule has 2 aromatic rings. The first-order chi connectivity index (χ1) is 13.3. The molecule has 1 saturated heterocycles. The second-order valence-electron chi connectivity index (χ2n) is 5.91. The van der Waals surface area contributed by atoms with Crippen molar-refractivity contribution >= 4 is 11.7 Å². The van der Waals surface area contributed by atoms with Gasteiger partial charge in [-0.05, 0) is 24.3 Å². The van der Waals surface area contributed by atoms with Crippen molar-refractivity contribution in [1.82, 2.24) is 5.32 Å². The van der Waals surface area contributed by atoms with Gasteiger partial charge in [-0.2, -0.15) is 0 Å². The van der Waals surface area contributed by atoms with Gasteiger partial charge in [0.05, 0.1) is 31.6 Å². The van der Waals surface area contributed by atoms with E-state index in [4.69, 9.17) is 18.9 Å². The van der Waals surface area contributed by atoms with E-state index in [-0.39, 0.29) is 12.1 Å². The third kappa shape index (κ3) is 6.47. The van der Waals surface area contributed by atoms with E-state index in [2.05, 4.69) is 10.6 Å². The van der Waals surface area contributed by atoms with Crippen molar-refractivity contribution in [2.75, 3.05) is 44.9 Å². The van der Waals surface area contributed by atoms with Crippen molar-refractivity contribution in [2.24, 2.45) is 0 Å². The number of hydrogen-bond donors (Lipinski definition) is 2. The van der Waals surface area contributed by atoms with Gasteiger partial charge in [0.2, 0.25) is 0 Å². The molecule has 144 valence electrons. The van der Waals surface area contributed by atoms with Gasteiger partial charge in [0.25, 0.3) is 0 Å². The van der Waals surface area contributed by atoms with Gasteiger partial charge in [-0.3, -0.25) is 0 Å². The molecule has 7 heteroatoms. The normalized spacial score (nSPS) is 16.4. The number of para-hydroxylation sites is 3. The minimum atomic E-state index is -0.319. The fourth-order valence-corrected chi connectivity index (χ4v) is 2.55. The average Bonchev–Trinajstić information content (AvgIpc) is 2.72. The van der Waals surface area contributed by atoms with Crippen LogP contribution in [0.5, 0.6) is 11.5 Å². The first-order valence-corrected chi connectivity index (χ1v) is 8.95. The highest BCUT2D eigenvalue weighted by Crippen LogP contribution is 2.23. The van der Waals surface area contributed by atoms with E-state index in [1.54, 1.807) is 12.1 Å². The molecule has 1 fully saturated rings. The maximum atomic E-state index is 12.1. The van der Waals surface area contributed by atoms with Crippen LogP contribution in [0.15, 0.2) is 54.6 Å². The predicted octanol–water partition coefficient (Wildman–Crippen LogP) is 2.68. The lowest BCUT2D eigenvalue weighted by atomic mass is 10.3. The summed E-state index contributed by atoms with van der Waals surface area (Å²) < 4.78 is 22.2. The molecule has 27 heavy (non-hydrogen) atoms. The Morgan fingerprint density at radius 2 is 1.78 bits per heavy atom. The molecule has 1 aliphatic heterocycles. The van der Waals surface area contributed by atoms with Crippen molar-refractivity contribution in [3.8, 4) is 11.5 Å². The van der Waals surface area contributed by atoms with Gasteiger partial charge < -0.3 is 29.6 Å². The summed E-state index contributed by atoms with van der Waals surface area (Å²) >= 11 is 0. The molecular weight excluding hydrogens is 348 g/mol. The van der Waals surface area contributed by atoms with Crippen molar-refractivity contribution in [1.29, 1.82) is 0 Å². The van der Waals surface area contributed by atoms with E-state index in [1.807, 2.05) is 42.5 Å². The average molecular weight is 372 g/mol. The topological polar surface area (TPSA) is 78.1 Å². The van der Waals surface area contributed by atoms with E-state index < -0.39 is 0 Å². The number of hydrogen-bond acceptors (Lipinski definition) is 5. The standard InChI is InChI=1S/C20H24N2O5/c23-20(21-14-17-15-24-10-11-26-17)22-18-8-4-5-9-19(18)27-13-12-25-16-6-2-1-3-7-16/h1-9,17H,10-15H2,(H2,21,22,23)/t17-/m1/s1. The second kappa shape index (κ2) is 10.4. The van der Waals surface area contributed by atoms with Crippen LogP contribution < -0.4 is 20.1 Å². The molecular formula is C20H24N2O5. The summed E-state index contributed by atoms with van der Waals surface area (Å²) in [6.45, 7) is 2.80. The van der Waals surface area contributed by atoms with Gasteiger partial charge in [0.1, 0.15) is 24.7 Å². The number of ether oxygens (including phenoxy) is 4. The van der Waals surface area contributed by atoms with E-state index in [1.165, 1.54) is 0 Å². The molecule has 0 saturated carbocycles. The Labute approximate surface area is 158 Å². The first kappa shape index (κ1) is 19.0. The molecule has 2 N–H and O–H groups in total. The zero-order valence-corrected chi connectivity index (χ0v) is 15.1. The molecule has 0 aliphatic carbocycles. The summed E-state index contributed by atoms with van der Waals surface area (Å²) in [4.78, 5) is 12.1. The molecule has 7 nitrogen and oxygen atoms in total. The third-order valence-corrected chi connectivity index (χ3v) is 3.86. The van der Waals surface area contributed by atoms with Crippen molar-refractivity contribution in [3.05, 3.63) is 54.6 Å². The lowest BCUT2D eigenvalue weighted by Crippen LogP contribution is -2.41. The molecule has 1 heterocycles. The minimum absolute atomic E-state index is 0.119. The zero-order valence-electron chi connectivity index (χ0n) is 15.1. The first-order valence-electron chi connectivity index (χ1n) is 8.95. The number of anilines is 1. The molecule has 1 aliphatic rings. The predicted molar refractivity (Wildman–Crippen MR) is 101 cm³/mol. The minimum Gasteiger partial charge on any atom is -0.490 e. The number of nitrogens with one attached hydrogen (secondary N) is 2. The van der Waals surface area contributed by atoms with Crippen molar-refractivity contribution in [2.45, 2.75) is 6.10 Å². The molecule has 0 aromatic heterocycles. The van der Waals surface area contributed by atoms with Crippen LogP contribution in [0, 0.1) is 0 Å². The van der Waals surface area contributed by atoms with E-state index in [9.17, 15) is 4.79 Å². The van der Waals surface area contributed by atoms with E-state index >= 15 is 0 Å². The number of rotatable bonds is 8. The molecule has 0 spiro atoms. The van der Waals surface area contributed by atoms with Crippen LogP contribution in [-0.2, 0) is 9.47 Å². The number of carbonyl (C=O) groups is 1. The molecule has 3 rings (SSSR count). The van der Waals surface area contributed by atoms with Crippen LogP contribution in [0.25, 0.3) is 0 Å². The Morgan fingerprint density at radius 3 is 2.59 bits per heavy atom. The maximum Gasteiger partial charge on any atom is 0.319 e. The highest BCUT2D eigenvalue weighted by atomic mass is 16.6. The molecule has 0 unspecified atom stereocenters. The molecule has 0 bridgehead atoms. The molecule has 2 aromatic carbocycles. The summed E-state index contributed by atoms with van der Waals surface area (Å²) in [6.07, 6.45) is -0.119. The quantitative estimate of drug-likeness (QED) is 0.697. The third-order valence-electron chi connectivity index (χ3n) is 3.86. The second-order valence-corrected chi connectivity index (χ2v) is 5.91. The summed E-state index contributed by atoms with van der Waals surface area (Å²) in [7, 11) is 0.